The van der Waals surface area contributed by atoms with Crippen molar-refractivity contribution in [3.8, 4) is 0 Å². The van der Waals surface area contributed by atoms with Crippen molar-refractivity contribution < 1.29 is 4.52 Å². The smallest absolute Gasteiger partial charge is 0.240 e. The molecule has 1 fully saturated rings. The van der Waals surface area contributed by atoms with Gasteiger partial charge >= 0.3 is 0 Å². The Balaban J connectivity index is 1.93. The van der Waals surface area contributed by atoms with Crippen molar-refractivity contribution in [1.29, 1.82) is 0 Å². The van der Waals surface area contributed by atoms with Gasteiger partial charge in [0.05, 0.1) is 6.54 Å². The zero-order valence-electron chi connectivity index (χ0n) is 10.4. The lowest BCUT2D eigenvalue weighted by Gasteiger charge is -2.33. The Morgan fingerprint density at radius 1 is 1.31 bits per heavy atom. The minimum Gasteiger partial charge on any atom is -0.338 e. The van der Waals surface area contributed by atoms with E-state index in [1.165, 1.54) is 6.42 Å². The molecule has 0 saturated carbocycles. The maximum Gasteiger partial charge on any atom is 0.240 e. The van der Waals surface area contributed by atoms with Gasteiger partial charge in [0.25, 0.3) is 0 Å². The third kappa shape index (κ3) is 2.82. The number of likely N-dealkylation sites (tertiary alicyclic amines) is 1. The number of hydrogen-bond acceptors (Lipinski definition) is 4. The molecule has 1 aromatic rings. The topological polar surface area (TPSA) is 42.2 Å². The Morgan fingerprint density at radius 3 is 2.56 bits per heavy atom. The predicted molar refractivity (Wildman–Crippen MR) is 61.9 cm³/mol. The molecule has 1 saturated heterocycles. The van der Waals surface area contributed by atoms with E-state index in [2.05, 4.69) is 28.9 Å². The highest BCUT2D eigenvalue weighted by molar-refractivity contribution is 4.87. The van der Waals surface area contributed by atoms with Gasteiger partial charge in [-0.25, -0.2) is 0 Å². The number of piperidine rings is 1. The molecule has 2 heterocycles. The highest BCUT2D eigenvalue weighted by Gasteiger charge is 2.23. The molecule has 0 bridgehead atoms. The van der Waals surface area contributed by atoms with Crippen LogP contribution in [0.5, 0.6) is 0 Å². The number of aromatic nitrogens is 2. The second kappa shape index (κ2) is 4.95. The fourth-order valence-electron chi connectivity index (χ4n) is 2.61. The van der Waals surface area contributed by atoms with Gasteiger partial charge in [0.15, 0.2) is 5.82 Å². The minimum atomic E-state index is 0.762. The summed E-state index contributed by atoms with van der Waals surface area (Å²) < 4.78 is 5.23. The van der Waals surface area contributed by atoms with Gasteiger partial charge in [0.1, 0.15) is 0 Å². The lowest BCUT2D eigenvalue weighted by molar-refractivity contribution is 0.121. The molecule has 16 heavy (non-hydrogen) atoms. The first-order valence-corrected chi connectivity index (χ1v) is 6.21. The molecule has 0 aliphatic carbocycles. The molecule has 0 N–H and O–H groups in total. The van der Waals surface area contributed by atoms with Crippen LogP contribution >= 0.6 is 0 Å². The van der Waals surface area contributed by atoms with Gasteiger partial charge in [-0.05, 0) is 18.3 Å². The van der Waals surface area contributed by atoms with Crippen LogP contribution in [0.3, 0.4) is 0 Å². The summed E-state index contributed by atoms with van der Waals surface area (Å²) in [5.74, 6) is 3.13. The van der Waals surface area contributed by atoms with E-state index < -0.39 is 0 Å². The van der Waals surface area contributed by atoms with E-state index in [1.54, 1.807) is 0 Å². The van der Waals surface area contributed by atoms with Gasteiger partial charge < -0.3 is 4.52 Å². The third-order valence-electron chi connectivity index (χ3n) is 3.13. The fourth-order valence-corrected chi connectivity index (χ4v) is 2.61. The average molecular weight is 223 g/mol. The maximum absolute atomic E-state index is 5.23. The van der Waals surface area contributed by atoms with E-state index in [-0.39, 0.29) is 0 Å². The molecule has 0 aromatic carbocycles. The molecular weight excluding hydrogens is 202 g/mol. The van der Waals surface area contributed by atoms with Crippen LogP contribution in [0.15, 0.2) is 4.52 Å². The lowest BCUT2D eigenvalue weighted by atomic mass is 9.92. The fraction of sp³-hybridized carbons (Fsp3) is 0.833. The van der Waals surface area contributed by atoms with Crippen molar-refractivity contribution in [1.82, 2.24) is 15.0 Å². The van der Waals surface area contributed by atoms with Crippen LogP contribution in [-0.2, 0) is 13.0 Å². The second-order valence-electron chi connectivity index (χ2n) is 5.10. The van der Waals surface area contributed by atoms with Gasteiger partial charge in [-0.2, -0.15) is 4.98 Å². The molecule has 0 radical (unpaired) electrons. The molecule has 0 amide bonds. The molecule has 1 aliphatic rings. The van der Waals surface area contributed by atoms with Crippen molar-refractivity contribution in [2.45, 2.75) is 40.2 Å². The monoisotopic (exact) mass is 223 g/mol. The van der Waals surface area contributed by atoms with Crippen LogP contribution in [0.4, 0.5) is 0 Å². The first-order valence-electron chi connectivity index (χ1n) is 6.21. The van der Waals surface area contributed by atoms with E-state index in [4.69, 9.17) is 4.52 Å². The normalized spacial score (nSPS) is 27.2. The summed E-state index contributed by atoms with van der Waals surface area (Å²) in [5.41, 5.74) is 0. The zero-order chi connectivity index (χ0) is 11.5. The summed E-state index contributed by atoms with van der Waals surface area (Å²) in [7, 11) is 0. The summed E-state index contributed by atoms with van der Waals surface area (Å²) in [6.07, 6.45) is 2.18. The van der Waals surface area contributed by atoms with Crippen molar-refractivity contribution in [2.24, 2.45) is 11.8 Å². The van der Waals surface area contributed by atoms with E-state index in [0.29, 0.717) is 0 Å². The first kappa shape index (κ1) is 11.6. The van der Waals surface area contributed by atoms with Crippen LogP contribution in [0.25, 0.3) is 0 Å². The molecule has 4 heteroatoms. The first-order chi connectivity index (χ1) is 7.67. The van der Waals surface area contributed by atoms with Crippen molar-refractivity contribution in [3.05, 3.63) is 11.7 Å². The molecule has 2 rings (SSSR count). The summed E-state index contributed by atoms with van der Waals surface area (Å²) in [5, 5.41) is 3.93. The van der Waals surface area contributed by atoms with Crippen LogP contribution in [0.2, 0.25) is 0 Å². The van der Waals surface area contributed by atoms with Crippen LogP contribution in [0, 0.1) is 11.8 Å². The third-order valence-corrected chi connectivity index (χ3v) is 3.13. The van der Waals surface area contributed by atoms with Crippen LogP contribution in [0.1, 0.15) is 38.9 Å². The van der Waals surface area contributed by atoms with Gasteiger partial charge in [0.2, 0.25) is 5.89 Å². The number of aryl methyl sites for hydroxylation is 1. The summed E-state index contributed by atoms with van der Waals surface area (Å²) in [4.78, 5) is 6.78. The van der Waals surface area contributed by atoms with E-state index in [1.807, 2.05) is 6.92 Å². The van der Waals surface area contributed by atoms with E-state index >= 15 is 0 Å². The highest BCUT2D eigenvalue weighted by Crippen LogP contribution is 2.22. The Bertz CT molecular complexity index is 327. The SMILES string of the molecule is CCc1noc(CN2C[C@H](C)C[C@@H](C)C2)n1. The van der Waals surface area contributed by atoms with Crippen molar-refractivity contribution >= 4 is 0 Å². The predicted octanol–water partition coefficient (Wildman–Crippen LogP) is 2.11. The van der Waals surface area contributed by atoms with Gasteiger partial charge in [-0.1, -0.05) is 25.9 Å². The Kier molecular flexibility index (Phi) is 3.59. The molecule has 90 valence electrons. The Hall–Kier alpha value is -0.900. The molecule has 0 spiro atoms. The van der Waals surface area contributed by atoms with Gasteiger partial charge in [-0.15, -0.1) is 0 Å². The van der Waals surface area contributed by atoms with E-state index in [0.717, 1.165) is 49.6 Å². The van der Waals surface area contributed by atoms with Gasteiger partial charge in [-0.3, -0.25) is 4.90 Å². The second-order valence-corrected chi connectivity index (χ2v) is 5.10. The summed E-state index contributed by atoms with van der Waals surface area (Å²) in [6.45, 7) is 9.77. The van der Waals surface area contributed by atoms with Crippen LogP contribution < -0.4 is 0 Å². The number of hydrogen-bond donors (Lipinski definition) is 0. The minimum absolute atomic E-state index is 0.762. The summed E-state index contributed by atoms with van der Waals surface area (Å²) in [6, 6.07) is 0. The Morgan fingerprint density at radius 2 is 2.00 bits per heavy atom. The molecule has 1 aromatic heterocycles. The van der Waals surface area contributed by atoms with E-state index in [9.17, 15) is 0 Å². The molecule has 0 unspecified atom stereocenters. The van der Waals surface area contributed by atoms with Crippen LogP contribution in [-0.4, -0.2) is 28.1 Å². The highest BCUT2D eigenvalue weighted by atomic mass is 16.5. The molecule has 2 atom stereocenters. The molecule has 1 aliphatic heterocycles. The van der Waals surface area contributed by atoms with Gasteiger partial charge in [0, 0.05) is 19.5 Å². The number of nitrogens with zero attached hydrogens (tertiary/aromatic N) is 3. The Labute approximate surface area is 97.0 Å². The number of rotatable bonds is 3. The van der Waals surface area contributed by atoms with Crippen molar-refractivity contribution in [2.75, 3.05) is 13.1 Å². The molecule has 4 nitrogen and oxygen atoms in total. The summed E-state index contributed by atoms with van der Waals surface area (Å²) >= 11 is 0. The standard InChI is InChI=1S/C12H21N3O/c1-4-11-13-12(16-14-11)8-15-6-9(2)5-10(3)7-15/h9-10H,4-8H2,1-3H3/t9-,10-/m1/s1. The lowest BCUT2D eigenvalue weighted by Crippen LogP contribution is -2.38. The average Bonchev–Trinajstić information content (AvgIpc) is 2.64. The maximum atomic E-state index is 5.23. The zero-order valence-corrected chi connectivity index (χ0v) is 10.4. The molecular formula is C12H21N3O. The largest absolute Gasteiger partial charge is 0.338 e. The van der Waals surface area contributed by atoms with Crippen molar-refractivity contribution in [3.63, 3.8) is 0 Å². The quantitative estimate of drug-likeness (QED) is 0.787.